The maximum atomic E-state index is 12.7. The fourth-order valence-electron chi connectivity index (χ4n) is 2.02. The molecule has 2 rings (SSSR count). The number of hydrogen-bond donors (Lipinski definition) is 0. The van der Waals surface area contributed by atoms with Crippen molar-refractivity contribution in [3.8, 4) is 0 Å². The molecule has 1 aromatic heterocycles. The molecule has 0 radical (unpaired) electrons. The van der Waals surface area contributed by atoms with Gasteiger partial charge in [0.25, 0.3) is 0 Å². The summed E-state index contributed by atoms with van der Waals surface area (Å²) in [7, 11) is -3.54. The summed E-state index contributed by atoms with van der Waals surface area (Å²) in [5.41, 5.74) is 1.80. The summed E-state index contributed by atoms with van der Waals surface area (Å²) in [6.45, 7) is 8.09. The van der Waals surface area contributed by atoms with Crippen molar-refractivity contribution in [2.45, 2.75) is 43.0 Å². The minimum absolute atomic E-state index is 0.0000761. The molecule has 0 atom stereocenters. The lowest BCUT2D eigenvalue weighted by Crippen LogP contribution is -2.12. The summed E-state index contributed by atoms with van der Waals surface area (Å²) in [5.74, 6) is 0. The first-order valence-electron chi connectivity index (χ1n) is 6.63. The molecule has 4 nitrogen and oxygen atoms in total. The van der Waals surface area contributed by atoms with Gasteiger partial charge in [0.1, 0.15) is 0 Å². The first kappa shape index (κ1) is 16.1. The molecule has 6 heteroatoms. The number of aromatic nitrogens is 2. The van der Waals surface area contributed by atoms with Crippen LogP contribution in [0.5, 0.6) is 0 Å². The van der Waals surface area contributed by atoms with Crippen molar-refractivity contribution in [2.75, 3.05) is 6.26 Å². The van der Waals surface area contributed by atoms with Crippen LogP contribution in [0.15, 0.2) is 40.3 Å². The van der Waals surface area contributed by atoms with Crippen molar-refractivity contribution in [2.24, 2.45) is 0 Å². The normalized spacial score (nSPS) is 12.6. The highest BCUT2D eigenvalue weighted by atomic mass is 32.2. The van der Waals surface area contributed by atoms with Gasteiger partial charge in [0, 0.05) is 6.26 Å². The molecule has 0 bridgehead atoms. The second-order valence-corrected chi connectivity index (χ2v) is 8.56. The average molecular weight is 324 g/mol. The standard InChI is InChI=1S/C15H20N2O2S2/c1-11-10-14(17(16-11)20-5)21(18,19)13-8-6-12(7-9-13)15(2,3)4/h6-10H,1-5H3. The smallest absolute Gasteiger partial charge is 0.217 e. The highest BCUT2D eigenvalue weighted by molar-refractivity contribution is 7.98. The van der Waals surface area contributed by atoms with Crippen LogP contribution in [0.2, 0.25) is 0 Å². The highest BCUT2D eigenvalue weighted by Crippen LogP contribution is 2.27. The highest BCUT2D eigenvalue weighted by Gasteiger charge is 2.24. The van der Waals surface area contributed by atoms with Crippen molar-refractivity contribution < 1.29 is 8.42 Å². The van der Waals surface area contributed by atoms with E-state index in [4.69, 9.17) is 0 Å². The molecule has 0 amide bonds. The van der Waals surface area contributed by atoms with Crippen molar-refractivity contribution in [1.82, 2.24) is 9.19 Å². The maximum Gasteiger partial charge on any atom is 0.224 e. The minimum Gasteiger partial charge on any atom is -0.217 e. The minimum atomic E-state index is -3.54. The average Bonchev–Trinajstić information content (AvgIpc) is 2.80. The zero-order chi connectivity index (χ0) is 15.8. The van der Waals surface area contributed by atoms with Gasteiger partial charge in [-0.1, -0.05) is 32.9 Å². The molecular formula is C15H20N2O2S2. The molecule has 0 aliphatic carbocycles. The largest absolute Gasteiger partial charge is 0.224 e. The molecule has 0 spiro atoms. The van der Waals surface area contributed by atoms with Crippen LogP contribution in [0.1, 0.15) is 32.0 Å². The third-order valence-corrected chi connectivity index (χ3v) is 5.72. The second-order valence-electron chi connectivity index (χ2n) is 5.96. The Kier molecular flexibility index (Phi) is 4.22. The molecule has 0 aliphatic rings. The summed E-state index contributed by atoms with van der Waals surface area (Å²) in [6, 6.07) is 8.69. The molecule has 0 saturated heterocycles. The summed E-state index contributed by atoms with van der Waals surface area (Å²) in [6.07, 6.45) is 1.80. The first-order chi connectivity index (χ1) is 9.66. The Balaban J connectivity index is 2.49. The van der Waals surface area contributed by atoms with E-state index in [1.54, 1.807) is 31.4 Å². The number of hydrogen-bond acceptors (Lipinski definition) is 4. The third-order valence-electron chi connectivity index (χ3n) is 3.25. The number of sulfone groups is 1. The lowest BCUT2D eigenvalue weighted by Gasteiger charge is -2.19. The van der Waals surface area contributed by atoms with Crippen LogP contribution in [-0.4, -0.2) is 23.9 Å². The summed E-state index contributed by atoms with van der Waals surface area (Å²) < 4.78 is 26.9. The quantitative estimate of drug-likeness (QED) is 0.868. The summed E-state index contributed by atoms with van der Waals surface area (Å²) in [5, 5.41) is 4.40. The molecule has 0 saturated carbocycles. The Morgan fingerprint density at radius 2 is 1.71 bits per heavy atom. The fraction of sp³-hybridized carbons (Fsp3) is 0.400. The third kappa shape index (κ3) is 3.16. The van der Waals surface area contributed by atoms with E-state index in [-0.39, 0.29) is 10.4 Å². The Labute approximate surface area is 130 Å². The zero-order valence-electron chi connectivity index (χ0n) is 12.9. The molecule has 2 aromatic rings. The SMILES string of the molecule is CSn1nc(C)cc1S(=O)(=O)c1ccc(C(C)(C)C)cc1. The van der Waals surface area contributed by atoms with Crippen LogP contribution in [0.25, 0.3) is 0 Å². The van der Waals surface area contributed by atoms with E-state index < -0.39 is 9.84 Å². The lowest BCUT2D eigenvalue weighted by atomic mass is 9.87. The number of benzene rings is 1. The fourth-order valence-corrected chi connectivity index (χ4v) is 4.29. The van der Waals surface area contributed by atoms with Crippen LogP contribution in [0.3, 0.4) is 0 Å². The molecule has 0 aliphatic heterocycles. The molecule has 0 N–H and O–H groups in total. The molecular weight excluding hydrogens is 304 g/mol. The summed E-state index contributed by atoms with van der Waals surface area (Å²) >= 11 is 1.27. The van der Waals surface area contributed by atoms with Crippen LogP contribution >= 0.6 is 11.9 Å². The van der Waals surface area contributed by atoms with Crippen molar-refractivity contribution >= 4 is 21.8 Å². The number of aryl methyl sites for hydroxylation is 1. The predicted octanol–water partition coefficient (Wildman–Crippen LogP) is 3.45. The Morgan fingerprint density at radius 3 is 2.19 bits per heavy atom. The van der Waals surface area contributed by atoms with E-state index in [9.17, 15) is 8.42 Å². The van der Waals surface area contributed by atoms with E-state index in [0.717, 1.165) is 5.56 Å². The van der Waals surface area contributed by atoms with Gasteiger partial charge in [-0.2, -0.15) is 9.19 Å². The van der Waals surface area contributed by atoms with E-state index in [2.05, 4.69) is 25.9 Å². The molecule has 0 unspecified atom stereocenters. The molecule has 1 heterocycles. The first-order valence-corrected chi connectivity index (χ1v) is 9.29. The molecule has 114 valence electrons. The second kappa shape index (κ2) is 5.50. The van der Waals surface area contributed by atoms with E-state index in [1.807, 2.05) is 12.1 Å². The van der Waals surface area contributed by atoms with Gasteiger partial charge in [0.05, 0.1) is 10.6 Å². The van der Waals surface area contributed by atoms with E-state index in [1.165, 1.54) is 16.0 Å². The van der Waals surface area contributed by atoms with Gasteiger partial charge in [-0.25, -0.2) is 8.42 Å². The Bertz CT molecular complexity index is 739. The number of rotatable bonds is 3. The van der Waals surface area contributed by atoms with Gasteiger partial charge < -0.3 is 0 Å². The molecule has 21 heavy (non-hydrogen) atoms. The number of nitrogens with zero attached hydrogens (tertiary/aromatic N) is 2. The van der Waals surface area contributed by atoms with Gasteiger partial charge in [0.2, 0.25) is 9.84 Å². The predicted molar refractivity (Wildman–Crippen MR) is 86.5 cm³/mol. The van der Waals surface area contributed by atoms with Crippen LogP contribution in [0.4, 0.5) is 0 Å². The summed E-state index contributed by atoms with van der Waals surface area (Å²) in [4.78, 5) is 0.297. The van der Waals surface area contributed by atoms with Gasteiger partial charge in [-0.05, 0) is 48.0 Å². The van der Waals surface area contributed by atoms with Crippen molar-refractivity contribution in [3.63, 3.8) is 0 Å². The van der Waals surface area contributed by atoms with Gasteiger partial charge in [0.15, 0.2) is 5.03 Å². The van der Waals surface area contributed by atoms with Gasteiger partial charge >= 0.3 is 0 Å². The van der Waals surface area contributed by atoms with Crippen LogP contribution in [-0.2, 0) is 15.3 Å². The van der Waals surface area contributed by atoms with Crippen molar-refractivity contribution in [3.05, 3.63) is 41.6 Å². The van der Waals surface area contributed by atoms with E-state index >= 15 is 0 Å². The zero-order valence-corrected chi connectivity index (χ0v) is 14.5. The molecule has 0 fully saturated rings. The topological polar surface area (TPSA) is 52.0 Å². The monoisotopic (exact) mass is 324 g/mol. The maximum absolute atomic E-state index is 12.7. The molecule has 1 aromatic carbocycles. The van der Waals surface area contributed by atoms with E-state index in [0.29, 0.717) is 10.6 Å². The van der Waals surface area contributed by atoms with Gasteiger partial charge in [-0.15, -0.1) is 0 Å². The van der Waals surface area contributed by atoms with Crippen LogP contribution < -0.4 is 0 Å². The Hall–Kier alpha value is -1.27. The lowest BCUT2D eigenvalue weighted by molar-refractivity contribution is 0.584. The van der Waals surface area contributed by atoms with Crippen LogP contribution in [0, 0.1) is 6.92 Å². The van der Waals surface area contributed by atoms with Gasteiger partial charge in [-0.3, -0.25) is 0 Å². The van der Waals surface area contributed by atoms with Crippen molar-refractivity contribution in [1.29, 1.82) is 0 Å². The Morgan fingerprint density at radius 1 is 1.14 bits per heavy atom.